The summed E-state index contributed by atoms with van der Waals surface area (Å²) in [4.78, 5) is 23.8. The van der Waals surface area contributed by atoms with Crippen molar-refractivity contribution in [1.82, 2.24) is 0 Å². The minimum atomic E-state index is -3.34. The Morgan fingerprint density at radius 3 is 2.32 bits per heavy atom. The van der Waals surface area contributed by atoms with Gasteiger partial charge in [0.2, 0.25) is 0 Å². The first-order valence-electron chi connectivity index (χ1n) is 7.20. The average Bonchev–Trinajstić information content (AvgIpc) is 2.55. The highest BCUT2D eigenvalue weighted by Crippen LogP contribution is 2.19. The van der Waals surface area contributed by atoms with Crippen LogP contribution in [0.5, 0.6) is 0 Å². The van der Waals surface area contributed by atoms with Crippen LogP contribution in [0.15, 0.2) is 47.4 Å². The van der Waals surface area contributed by atoms with Gasteiger partial charge in [-0.25, -0.2) is 13.2 Å². The number of aryl methyl sites for hydroxylation is 1. The second-order valence-electron chi connectivity index (χ2n) is 5.38. The standard InChI is InChI=1S/C17H16ClNO5S/c1-11-3-6-13(9-15(11)18)19-16(20)10-24-17(21)12-4-7-14(8-5-12)25(2,22)23/h3-9H,10H2,1-2H3,(H,19,20). The van der Waals surface area contributed by atoms with E-state index in [1.807, 2.05) is 6.92 Å². The SMILES string of the molecule is Cc1ccc(NC(=O)COC(=O)c2ccc(S(C)(=O)=O)cc2)cc1Cl. The molecule has 6 nitrogen and oxygen atoms in total. The lowest BCUT2D eigenvalue weighted by molar-refractivity contribution is -0.119. The molecule has 1 amide bonds. The Bertz CT molecular complexity index is 907. The molecule has 8 heteroatoms. The molecule has 0 aliphatic rings. The Balaban J connectivity index is 1.92. The van der Waals surface area contributed by atoms with Gasteiger partial charge < -0.3 is 10.1 Å². The maximum Gasteiger partial charge on any atom is 0.338 e. The Morgan fingerprint density at radius 1 is 1.12 bits per heavy atom. The molecule has 0 heterocycles. The zero-order chi connectivity index (χ0) is 18.6. The number of halogens is 1. The predicted octanol–water partition coefficient (Wildman–Crippen LogP) is 2.85. The highest BCUT2D eigenvalue weighted by Gasteiger charge is 2.13. The van der Waals surface area contributed by atoms with E-state index in [1.54, 1.807) is 18.2 Å². The summed E-state index contributed by atoms with van der Waals surface area (Å²) >= 11 is 5.97. The Labute approximate surface area is 150 Å². The second kappa shape index (κ2) is 7.67. The zero-order valence-corrected chi connectivity index (χ0v) is 15.1. The molecule has 132 valence electrons. The van der Waals surface area contributed by atoms with Crippen LogP contribution >= 0.6 is 11.6 Å². The molecule has 2 rings (SSSR count). The summed E-state index contributed by atoms with van der Waals surface area (Å²) in [6, 6.07) is 10.3. The van der Waals surface area contributed by atoms with Crippen LogP contribution in [0.4, 0.5) is 5.69 Å². The van der Waals surface area contributed by atoms with Gasteiger partial charge in [0.25, 0.3) is 5.91 Å². The lowest BCUT2D eigenvalue weighted by Crippen LogP contribution is -2.21. The van der Waals surface area contributed by atoms with Crippen LogP contribution in [0.1, 0.15) is 15.9 Å². The molecular formula is C17H16ClNO5S. The lowest BCUT2D eigenvalue weighted by atomic mass is 10.2. The third-order valence-corrected chi connectivity index (χ3v) is 4.84. The van der Waals surface area contributed by atoms with E-state index < -0.39 is 28.3 Å². The van der Waals surface area contributed by atoms with E-state index in [2.05, 4.69) is 5.32 Å². The largest absolute Gasteiger partial charge is 0.452 e. The van der Waals surface area contributed by atoms with Crippen LogP contribution in [0, 0.1) is 6.92 Å². The lowest BCUT2D eigenvalue weighted by Gasteiger charge is -2.08. The molecule has 1 N–H and O–H groups in total. The number of ether oxygens (including phenoxy) is 1. The van der Waals surface area contributed by atoms with Crippen LogP contribution in [0.2, 0.25) is 5.02 Å². The van der Waals surface area contributed by atoms with Crippen molar-refractivity contribution in [2.45, 2.75) is 11.8 Å². The van der Waals surface area contributed by atoms with Gasteiger partial charge in [-0.2, -0.15) is 0 Å². The third-order valence-electron chi connectivity index (χ3n) is 3.31. The molecular weight excluding hydrogens is 366 g/mol. The fraction of sp³-hybridized carbons (Fsp3) is 0.176. The first-order chi connectivity index (χ1) is 11.7. The summed E-state index contributed by atoms with van der Waals surface area (Å²) in [7, 11) is -3.34. The minimum Gasteiger partial charge on any atom is -0.452 e. The smallest absolute Gasteiger partial charge is 0.338 e. The van der Waals surface area contributed by atoms with Crippen molar-refractivity contribution in [2.75, 3.05) is 18.2 Å². The fourth-order valence-corrected chi connectivity index (χ4v) is 2.73. The van der Waals surface area contributed by atoms with E-state index >= 15 is 0 Å². The molecule has 0 aliphatic carbocycles. The molecule has 0 atom stereocenters. The average molecular weight is 382 g/mol. The predicted molar refractivity (Wildman–Crippen MR) is 94.7 cm³/mol. The molecule has 0 bridgehead atoms. The van der Waals surface area contributed by atoms with Crippen molar-refractivity contribution in [1.29, 1.82) is 0 Å². The number of amides is 1. The van der Waals surface area contributed by atoms with E-state index in [-0.39, 0.29) is 10.5 Å². The molecule has 2 aromatic rings. The summed E-state index contributed by atoms with van der Waals surface area (Å²) in [6.07, 6.45) is 1.07. The molecule has 0 radical (unpaired) electrons. The van der Waals surface area contributed by atoms with Crippen molar-refractivity contribution in [3.8, 4) is 0 Å². The summed E-state index contributed by atoms with van der Waals surface area (Å²) in [6.45, 7) is 1.36. The van der Waals surface area contributed by atoms with E-state index in [1.165, 1.54) is 24.3 Å². The molecule has 0 aromatic heterocycles. The zero-order valence-electron chi connectivity index (χ0n) is 13.6. The summed E-state index contributed by atoms with van der Waals surface area (Å²) in [5, 5.41) is 3.08. The number of hydrogen-bond donors (Lipinski definition) is 1. The number of carbonyl (C=O) groups is 2. The number of nitrogens with one attached hydrogen (secondary N) is 1. The van der Waals surface area contributed by atoms with Gasteiger partial charge in [0, 0.05) is 17.0 Å². The van der Waals surface area contributed by atoms with Crippen molar-refractivity contribution >= 4 is 39.0 Å². The second-order valence-corrected chi connectivity index (χ2v) is 7.81. The molecule has 25 heavy (non-hydrogen) atoms. The van der Waals surface area contributed by atoms with Gasteiger partial charge in [-0.3, -0.25) is 4.79 Å². The highest BCUT2D eigenvalue weighted by atomic mass is 35.5. The van der Waals surface area contributed by atoms with Crippen LogP contribution in [0.25, 0.3) is 0 Å². The molecule has 0 spiro atoms. The Morgan fingerprint density at radius 2 is 1.76 bits per heavy atom. The number of hydrogen-bond acceptors (Lipinski definition) is 5. The number of esters is 1. The van der Waals surface area contributed by atoms with Crippen LogP contribution in [0.3, 0.4) is 0 Å². The van der Waals surface area contributed by atoms with Crippen molar-refractivity contribution < 1.29 is 22.7 Å². The van der Waals surface area contributed by atoms with Crippen LogP contribution < -0.4 is 5.32 Å². The van der Waals surface area contributed by atoms with Gasteiger partial charge in [0.15, 0.2) is 16.4 Å². The molecule has 0 aliphatic heterocycles. The summed E-state index contributed by atoms with van der Waals surface area (Å²) < 4.78 is 27.6. The number of sulfone groups is 1. The molecule has 0 unspecified atom stereocenters. The topological polar surface area (TPSA) is 89.5 Å². The first-order valence-corrected chi connectivity index (χ1v) is 9.47. The Hall–Kier alpha value is -2.38. The van der Waals surface area contributed by atoms with Gasteiger partial charge >= 0.3 is 5.97 Å². The number of anilines is 1. The van der Waals surface area contributed by atoms with Crippen molar-refractivity contribution in [3.63, 3.8) is 0 Å². The number of rotatable bonds is 5. The van der Waals surface area contributed by atoms with Gasteiger partial charge in [-0.1, -0.05) is 17.7 Å². The van der Waals surface area contributed by atoms with Gasteiger partial charge in [-0.05, 0) is 48.9 Å². The van der Waals surface area contributed by atoms with E-state index in [4.69, 9.17) is 16.3 Å². The van der Waals surface area contributed by atoms with E-state index in [0.717, 1.165) is 11.8 Å². The normalized spacial score (nSPS) is 11.0. The molecule has 2 aromatic carbocycles. The molecule has 0 saturated carbocycles. The molecule has 0 saturated heterocycles. The Kier molecular flexibility index (Phi) is 5.81. The molecule has 0 fully saturated rings. The van der Waals surface area contributed by atoms with Gasteiger partial charge in [-0.15, -0.1) is 0 Å². The monoisotopic (exact) mass is 381 g/mol. The van der Waals surface area contributed by atoms with Gasteiger partial charge in [0.05, 0.1) is 10.5 Å². The van der Waals surface area contributed by atoms with Crippen LogP contribution in [-0.4, -0.2) is 33.2 Å². The maximum atomic E-state index is 11.9. The van der Waals surface area contributed by atoms with Crippen LogP contribution in [-0.2, 0) is 19.4 Å². The quantitative estimate of drug-likeness (QED) is 0.804. The number of carbonyl (C=O) groups excluding carboxylic acids is 2. The first kappa shape index (κ1) is 19.0. The fourth-order valence-electron chi connectivity index (χ4n) is 1.92. The van der Waals surface area contributed by atoms with Crippen molar-refractivity contribution in [2.24, 2.45) is 0 Å². The van der Waals surface area contributed by atoms with Gasteiger partial charge in [0.1, 0.15) is 0 Å². The third kappa shape index (κ3) is 5.30. The highest BCUT2D eigenvalue weighted by molar-refractivity contribution is 7.90. The maximum absolute atomic E-state index is 11.9. The summed E-state index contributed by atoms with van der Waals surface area (Å²) in [5.74, 6) is -1.24. The van der Waals surface area contributed by atoms with Crippen molar-refractivity contribution in [3.05, 3.63) is 58.6 Å². The number of benzene rings is 2. The van der Waals surface area contributed by atoms with E-state index in [9.17, 15) is 18.0 Å². The minimum absolute atomic E-state index is 0.0954. The summed E-state index contributed by atoms with van der Waals surface area (Å²) in [5.41, 5.74) is 1.52. The van der Waals surface area contributed by atoms with E-state index in [0.29, 0.717) is 10.7 Å².